The monoisotopic (exact) mass is 1260 g/mol. The second kappa shape index (κ2) is 27.7. The van der Waals surface area contributed by atoms with Crippen LogP contribution in [-0.2, 0) is 54.9 Å². The van der Waals surface area contributed by atoms with Crippen molar-refractivity contribution in [1.29, 1.82) is 0 Å². The Morgan fingerprint density at radius 2 is 1.09 bits per heavy atom. The van der Waals surface area contributed by atoms with E-state index in [-0.39, 0.29) is 35.3 Å². The Morgan fingerprint density at radius 1 is 0.602 bits per heavy atom. The Labute approximate surface area is 541 Å². The van der Waals surface area contributed by atoms with Crippen molar-refractivity contribution in [3.05, 3.63) is 153 Å². The first-order valence-corrected chi connectivity index (χ1v) is 31.7. The number of nitrogens with zero attached hydrogens (tertiary/aromatic N) is 16. The first-order valence-electron chi connectivity index (χ1n) is 31.7. The topological polar surface area (TPSA) is 296 Å². The van der Waals surface area contributed by atoms with E-state index in [4.69, 9.17) is 41.4 Å². The van der Waals surface area contributed by atoms with E-state index in [9.17, 15) is 9.59 Å². The number of hydrogen-bond acceptors (Lipinski definition) is 20. The van der Waals surface area contributed by atoms with Crippen LogP contribution in [0.3, 0.4) is 0 Å². The summed E-state index contributed by atoms with van der Waals surface area (Å²) >= 11 is 0. The average Bonchev–Trinajstić information content (AvgIpc) is 1.13. The van der Waals surface area contributed by atoms with Gasteiger partial charge < -0.3 is 56.3 Å². The number of aromatic nitrogens is 12. The van der Waals surface area contributed by atoms with Crippen molar-refractivity contribution in [2.24, 2.45) is 5.92 Å². The SMILES string of the molecule is CCn1cc(Oc2nc(-c3cc(C)c4c(c3)CN(C)CC4)cnc2N)cn1.Cc1cc(-c2cnc(N)c(-n3cc(C(=O)N(C)CC4CCOC4)cn3)n2)cc2c1CCN(C)C2.Cc1cc(-c2cnc(N)c(-n3cc(C(=O)NC4CCOC4)cn3)n2)cc2c1CCN(C)C2. The Bertz CT molecular complexity index is 4200. The highest BCUT2D eigenvalue weighted by molar-refractivity contribution is 5.94. The van der Waals surface area contributed by atoms with Gasteiger partial charge >= 0.3 is 0 Å². The molecule has 11 heterocycles. The minimum absolute atomic E-state index is 0.0327. The van der Waals surface area contributed by atoms with Gasteiger partial charge in [0.25, 0.3) is 17.7 Å². The van der Waals surface area contributed by atoms with E-state index >= 15 is 0 Å². The molecular formula is C68H82N20O5. The van der Waals surface area contributed by atoms with Crippen LogP contribution in [0, 0.1) is 26.7 Å². The molecule has 2 unspecified atom stereocenters. The number of hydrogen-bond donors (Lipinski definition) is 4. The highest BCUT2D eigenvalue weighted by Crippen LogP contribution is 2.34. The zero-order valence-electron chi connectivity index (χ0n) is 54.3. The van der Waals surface area contributed by atoms with Crippen molar-refractivity contribution in [2.45, 2.75) is 92.0 Å². The quantitative estimate of drug-likeness (QED) is 0.0897. The van der Waals surface area contributed by atoms with E-state index in [0.717, 1.165) is 118 Å². The van der Waals surface area contributed by atoms with Crippen LogP contribution in [0.2, 0.25) is 0 Å². The van der Waals surface area contributed by atoms with E-state index in [2.05, 4.69) is 134 Å². The molecule has 3 aromatic carbocycles. The number of nitrogens with two attached hydrogens (primary N) is 3. The van der Waals surface area contributed by atoms with E-state index < -0.39 is 0 Å². The zero-order valence-corrected chi connectivity index (χ0v) is 54.3. The summed E-state index contributed by atoms with van der Waals surface area (Å²) in [4.78, 5) is 61.3. The van der Waals surface area contributed by atoms with Crippen LogP contribution in [-0.4, -0.2) is 177 Å². The second-order valence-electron chi connectivity index (χ2n) is 25.1. The number of nitrogens with one attached hydrogen (secondary N) is 1. The van der Waals surface area contributed by atoms with Crippen LogP contribution in [0.25, 0.3) is 45.4 Å². The molecule has 25 nitrogen and oxygen atoms in total. The lowest BCUT2D eigenvalue weighted by Crippen LogP contribution is -2.34. The number of benzene rings is 3. The summed E-state index contributed by atoms with van der Waals surface area (Å²) in [6.45, 7) is 18.6. The van der Waals surface area contributed by atoms with Gasteiger partial charge in [-0.25, -0.2) is 39.3 Å². The number of rotatable bonds is 13. The molecule has 6 aromatic heterocycles. The fourth-order valence-corrected chi connectivity index (χ4v) is 12.7. The predicted molar refractivity (Wildman–Crippen MR) is 355 cm³/mol. The Balaban J connectivity index is 0.000000135. The summed E-state index contributed by atoms with van der Waals surface area (Å²) in [5, 5.41) is 15.8. The highest BCUT2D eigenvalue weighted by Gasteiger charge is 2.26. The van der Waals surface area contributed by atoms with Crippen molar-refractivity contribution in [3.63, 3.8) is 0 Å². The Morgan fingerprint density at radius 3 is 1.57 bits per heavy atom. The number of carbonyl (C=O) groups excluding carboxylic acids is 2. The van der Waals surface area contributed by atoms with E-state index in [1.54, 1.807) is 53.0 Å². The van der Waals surface area contributed by atoms with Gasteiger partial charge in [0.1, 0.15) is 0 Å². The zero-order chi connectivity index (χ0) is 65.0. The van der Waals surface area contributed by atoms with Crippen molar-refractivity contribution < 1.29 is 23.8 Å². The van der Waals surface area contributed by atoms with Gasteiger partial charge in [-0.3, -0.25) is 14.3 Å². The second-order valence-corrected chi connectivity index (χ2v) is 25.1. The number of likely N-dealkylation sites (N-methyl/N-ethyl adjacent to an activating group) is 3. The molecule has 5 aliphatic heterocycles. The maximum absolute atomic E-state index is 12.9. The molecule has 9 aromatic rings. The van der Waals surface area contributed by atoms with Crippen LogP contribution < -0.4 is 27.3 Å². The molecular weight excluding hydrogens is 1180 g/mol. The molecule has 2 fully saturated rings. The Kier molecular flexibility index (Phi) is 19.0. The lowest BCUT2D eigenvalue weighted by Gasteiger charge is -2.27. The molecule has 484 valence electrons. The number of aryl methyl sites for hydroxylation is 4. The first-order chi connectivity index (χ1) is 44.9. The molecule has 93 heavy (non-hydrogen) atoms. The van der Waals surface area contributed by atoms with Crippen LogP contribution in [0.15, 0.2) is 92.2 Å². The summed E-state index contributed by atoms with van der Waals surface area (Å²) in [6.07, 6.45) is 19.9. The smallest absolute Gasteiger partial charge is 0.263 e. The fourth-order valence-electron chi connectivity index (χ4n) is 12.7. The van der Waals surface area contributed by atoms with Crippen LogP contribution in [0.1, 0.15) is 90.6 Å². The lowest BCUT2D eigenvalue weighted by molar-refractivity contribution is 0.0765. The van der Waals surface area contributed by atoms with Gasteiger partial charge in [0.15, 0.2) is 34.8 Å². The molecule has 0 aliphatic carbocycles. The number of nitrogen functional groups attached to an aromatic ring is 3. The molecule has 0 bridgehead atoms. The predicted octanol–water partition coefficient (Wildman–Crippen LogP) is 7.07. The van der Waals surface area contributed by atoms with Crippen LogP contribution >= 0.6 is 0 Å². The maximum Gasteiger partial charge on any atom is 0.263 e. The maximum atomic E-state index is 12.9. The Hall–Kier alpha value is -9.53. The van der Waals surface area contributed by atoms with Gasteiger partial charge in [0.05, 0.1) is 90.8 Å². The molecule has 2 atom stereocenters. The summed E-state index contributed by atoms with van der Waals surface area (Å²) in [5.41, 5.74) is 36.5. The summed E-state index contributed by atoms with van der Waals surface area (Å²) in [5.74, 6) is 2.58. The van der Waals surface area contributed by atoms with Gasteiger partial charge in [-0.2, -0.15) is 15.3 Å². The van der Waals surface area contributed by atoms with Gasteiger partial charge in [0.2, 0.25) is 0 Å². The van der Waals surface area contributed by atoms with E-state index in [0.29, 0.717) is 66.7 Å². The van der Waals surface area contributed by atoms with Crippen LogP contribution in [0.5, 0.6) is 11.6 Å². The van der Waals surface area contributed by atoms with Crippen LogP contribution in [0.4, 0.5) is 17.5 Å². The van der Waals surface area contributed by atoms with Gasteiger partial charge in [-0.1, -0.05) is 0 Å². The minimum atomic E-state index is -0.191. The fraction of sp³-hybridized carbons (Fsp3) is 0.397. The number of ether oxygens (including phenoxy) is 3. The third-order valence-electron chi connectivity index (χ3n) is 17.9. The average molecular weight is 1260 g/mol. The van der Waals surface area contributed by atoms with Gasteiger partial charge in [-0.05, 0) is 167 Å². The minimum Gasteiger partial charge on any atom is -0.433 e. The van der Waals surface area contributed by atoms with E-state index in [1.807, 2.05) is 20.2 Å². The summed E-state index contributed by atoms with van der Waals surface area (Å²) < 4.78 is 21.4. The lowest BCUT2D eigenvalue weighted by atomic mass is 9.92. The van der Waals surface area contributed by atoms with Crippen molar-refractivity contribution in [3.8, 4) is 57.0 Å². The molecule has 2 amide bonds. The molecule has 14 rings (SSSR count). The molecule has 7 N–H and O–H groups in total. The first kappa shape index (κ1) is 63.6. The van der Waals surface area contributed by atoms with Crippen molar-refractivity contribution in [1.82, 2.24) is 84.2 Å². The molecule has 0 spiro atoms. The van der Waals surface area contributed by atoms with Crippen molar-refractivity contribution >= 4 is 29.3 Å². The third-order valence-corrected chi connectivity index (χ3v) is 17.9. The number of anilines is 3. The van der Waals surface area contributed by atoms with Crippen molar-refractivity contribution in [2.75, 3.05) is 98.0 Å². The normalized spacial score (nSPS) is 17.1. The standard InChI is InChI=1S/C25H31N7O2.C23H27N7O2.C20H24N6O/c1-16-8-18(9-19-13-30(2)6-4-21(16)19)22-11-27-23(26)24(29-22)32-14-20(10-28-32)25(33)31(3)12-17-5-7-34-15-17;1-14-7-15(8-16-11-29(2)5-3-19(14)16)20-10-25-21(24)22(28-20)30-12-17(9-26-30)23(31)27-18-4-6-32-13-18;1-4-26-12-16(9-23-26)27-20-19(21)22-10-18(24-20)14-7-13(2)17-5-6-25(3)11-15(17)8-14/h8-11,14,17H,4-7,12-13,15H2,1-3H3,(H2,26,27);7-10,12,18H,3-6,11,13H2,1-2H3,(H2,24,25)(H,27,31);7-10,12H,4-6,11H2,1-3H3,(H2,21,22). The number of fused-ring (bicyclic) bond motifs is 3. The molecule has 0 saturated carbocycles. The van der Waals surface area contributed by atoms with Gasteiger partial charge in [-0.15, -0.1) is 0 Å². The molecule has 0 radical (unpaired) electrons. The largest absolute Gasteiger partial charge is 0.433 e. The van der Waals surface area contributed by atoms with E-state index in [1.165, 1.54) is 65.6 Å². The molecule has 25 heteroatoms. The highest BCUT2D eigenvalue weighted by atomic mass is 16.5. The molecule has 5 aliphatic rings. The number of amides is 2. The summed E-state index contributed by atoms with van der Waals surface area (Å²) in [6, 6.07) is 13.1. The molecule has 2 saturated heterocycles. The van der Waals surface area contributed by atoms with Gasteiger partial charge in [0, 0.05) is 108 Å². The third kappa shape index (κ3) is 14.6. The number of carbonyl (C=O) groups is 2. The summed E-state index contributed by atoms with van der Waals surface area (Å²) in [7, 11) is 8.23.